The Hall–Kier alpha value is -4.91. The molecule has 210 valence electrons. The first kappa shape index (κ1) is 29.1. The highest BCUT2D eigenvalue weighted by Crippen LogP contribution is 2.33. The summed E-state index contributed by atoms with van der Waals surface area (Å²) in [5.74, 6) is -0.867. The van der Waals surface area contributed by atoms with Gasteiger partial charge in [-0.25, -0.2) is 14.2 Å². The number of nitriles is 1. The van der Waals surface area contributed by atoms with Gasteiger partial charge in [-0.05, 0) is 76.9 Å². The maximum atomic E-state index is 15.8. The van der Waals surface area contributed by atoms with Crippen molar-refractivity contribution >= 4 is 34.4 Å². The zero-order valence-corrected chi connectivity index (χ0v) is 24.0. The number of aromatic nitrogens is 3. The van der Waals surface area contributed by atoms with Crippen LogP contribution >= 0.6 is 0 Å². The standard InChI is InChI=1S/C31H31FN6O3/c1-18-8-9-22(37-28(39)24-13-21(10-11-34-24)31(5,6)17-33)27(32)26(18)20-12-19-15-36-25(14-23(19)35-16-20)38(7)29(40)41-30(2,3)4/h8-16H,1-7H3,(H,37,39). The first-order chi connectivity index (χ1) is 19.2. The lowest BCUT2D eigenvalue weighted by Crippen LogP contribution is -2.34. The lowest BCUT2D eigenvalue weighted by atomic mass is 9.86. The number of anilines is 2. The van der Waals surface area contributed by atoms with E-state index in [1.54, 1.807) is 79.1 Å². The highest BCUT2D eigenvalue weighted by atomic mass is 19.1. The Kier molecular flexibility index (Phi) is 7.75. The molecule has 2 amide bonds. The minimum atomic E-state index is -0.815. The number of carbonyl (C=O) groups is 2. The number of fused-ring (bicyclic) bond motifs is 1. The molecule has 3 aromatic heterocycles. The van der Waals surface area contributed by atoms with E-state index in [9.17, 15) is 14.9 Å². The van der Waals surface area contributed by atoms with E-state index in [0.717, 1.165) is 0 Å². The van der Waals surface area contributed by atoms with Crippen molar-refractivity contribution in [3.05, 3.63) is 77.6 Å². The van der Waals surface area contributed by atoms with Crippen LogP contribution in [0.5, 0.6) is 0 Å². The highest BCUT2D eigenvalue weighted by Gasteiger charge is 2.24. The third kappa shape index (κ3) is 6.30. The summed E-state index contributed by atoms with van der Waals surface area (Å²) in [4.78, 5) is 39.7. The van der Waals surface area contributed by atoms with Crippen molar-refractivity contribution in [3.63, 3.8) is 0 Å². The second-order valence-electron chi connectivity index (χ2n) is 11.2. The summed E-state index contributed by atoms with van der Waals surface area (Å²) in [5.41, 5.74) is 1.18. The molecule has 0 fully saturated rings. The number of ether oxygens (including phenoxy) is 1. The second kappa shape index (κ2) is 10.9. The molecule has 3 heterocycles. The zero-order valence-electron chi connectivity index (χ0n) is 24.0. The number of nitrogens with zero attached hydrogens (tertiary/aromatic N) is 5. The van der Waals surface area contributed by atoms with Crippen LogP contribution in [-0.4, -0.2) is 39.6 Å². The number of aryl methyl sites for hydroxylation is 1. The zero-order chi connectivity index (χ0) is 30.1. The number of halogens is 1. The van der Waals surface area contributed by atoms with Gasteiger partial charge in [0.1, 0.15) is 17.1 Å². The first-order valence-corrected chi connectivity index (χ1v) is 12.9. The largest absolute Gasteiger partial charge is 0.443 e. The molecule has 41 heavy (non-hydrogen) atoms. The predicted octanol–water partition coefficient (Wildman–Crippen LogP) is 6.56. The monoisotopic (exact) mass is 554 g/mol. The summed E-state index contributed by atoms with van der Waals surface area (Å²) in [6.45, 7) is 10.6. The summed E-state index contributed by atoms with van der Waals surface area (Å²) < 4.78 is 21.2. The number of carbonyl (C=O) groups excluding carboxylic acids is 2. The van der Waals surface area contributed by atoms with Gasteiger partial charge in [0, 0.05) is 48.2 Å². The van der Waals surface area contributed by atoms with Gasteiger partial charge in [-0.2, -0.15) is 5.26 Å². The summed E-state index contributed by atoms with van der Waals surface area (Å²) in [6, 6.07) is 12.0. The third-order valence-corrected chi connectivity index (χ3v) is 6.44. The van der Waals surface area contributed by atoms with Gasteiger partial charge in [0.05, 0.1) is 22.7 Å². The Morgan fingerprint density at radius 1 is 1.02 bits per heavy atom. The second-order valence-corrected chi connectivity index (χ2v) is 11.2. The molecule has 0 saturated heterocycles. The molecule has 9 nitrogen and oxygen atoms in total. The van der Waals surface area contributed by atoms with Crippen LogP contribution in [0.3, 0.4) is 0 Å². The summed E-state index contributed by atoms with van der Waals surface area (Å²) in [7, 11) is 1.56. The Labute approximate surface area is 238 Å². The number of benzene rings is 1. The van der Waals surface area contributed by atoms with E-state index < -0.39 is 28.8 Å². The lowest BCUT2D eigenvalue weighted by molar-refractivity contribution is 0.0588. The summed E-state index contributed by atoms with van der Waals surface area (Å²) in [6.07, 6.45) is 3.99. The molecule has 0 aliphatic rings. The molecule has 1 N–H and O–H groups in total. The Bertz CT molecular complexity index is 1700. The van der Waals surface area contributed by atoms with E-state index in [1.807, 2.05) is 0 Å². The van der Waals surface area contributed by atoms with Crippen LogP contribution in [0, 0.1) is 24.1 Å². The van der Waals surface area contributed by atoms with E-state index >= 15 is 4.39 Å². The predicted molar refractivity (Wildman–Crippen MR) is 155 cm³/mol. The lowest BCUT2D eigenvalue weighted by Gasteiger charge is -2.24. The van der Waals surface area contributed by atoms with Crippen LogP contribution in [-0.2, 0) is 10.2 Å². The van der Waals surface area contributed by atoms with Crippen LogP contribution in [0.2, 0.25) is 0 Å². The van der Waals surface area contributed by atoms with Crippen molar-refractivity contribution in [1.29, 1.82) is 5.26 Å². The molecule has 0 spiro atoms. The smallest absolute Gasteiger partial charge is 0.415 e. The summed E-state index contributed by atoms with van der Waals surface area (Å²) >= 11 is 0. The van der Waals surface area contributed by atoms with E-state index in [-0.39, 0.29) is 16.9 Å². The van der Waals surface area contributed by atoms with Crippen molar-refractivity contribution in [2.24, 2.45) is 0 Å². The first-order valence-electron chi connectivity index (χ1n) is 12.9. The van der Waals surface area contributed by atoms with E-state index in [4.69, 9.17) is 4.74 Å². The van der Waals surface area contributed by atoms with Gasteiger partial charge >= 0.3 is 6.09 Å². The van der Waals surface area contributed by atoms with Crippen molar-refractivity contribution < 1.29 is 18.7 Å². The summed E-state index contributed by atoms with van der Waals surface area (Å²) in [5, 5.41) is 12.7. The topological polar surface area (TPSA) is 121 Å². The Morgan fingerprint density at radius 3 is 2.44 bits per heavy atom. The van der Waals surface area contributed by atoms with E-state index in [1.165, 1.54) is 29.4 Å². The molecule has 0 bridgehead atoms. The van der Waals surface area contributed by atoms with Gasteiger partial charge in [-0.1, -0.05) is 6.07 Å². The Morgan fingerprint density at radius 2 is 1.76 bits per heavy atom. The average Bonchev–Trinajstić information content (AvgIpc) is 2.93. The molecule has 0 atom stereocenters. The average molecular weight is 555 g/mol. The fourth-order valence-corrected chi connectivity index (χ4v) is 4.07. The SMILES string of the molecule is Cc1ccc(NC(=O)c2cc(C(C)(C)C#N)ccn2)c(F)c1-c1cnc2cc(N(C)C(=O)OC(C)(C)C)ncc2c1. The fourth-order valence-electron chi connectivity index (χ4n) is 4.07. The maximum absolute atomic E-state index is 15.8. The number of amides is 2. The maximum Gasteiger partial charge on any atom is 0.415 e. The molecule has 0 unspecified atom stereocenters. The van der Waals surface area contributed by atoms with Crippen LogP contribution in [0.25, 0.3) is 22.0 Å². The molecular formula is C31H31FN6O3. The quantitative estimate of drug-likeness (QED) is 0.296. The van der Waals surface area contributed by atoms with Gasteiger partial charge in [-0.3, -0.25) is 19.7 Å². The number of pyridine rings is 3. The minimum Gasteiger partial charge on any atom is -0.443 e. The molecule has 4 aromatic rings. The van der Waals surface area contributed by atoms with E-state index in [2.05, 4.69) is 26.3 Å². The van der Waals surface area contributed by atoms with Gasteiger partial charge in [-0.15, -0.1) is 0 Å². The third-order valence-electron chi connectivity index (χ3n) is 6.44. The minimum absolute atomic E-state index is 0.0186. The van der Waals surface area contributed by atoms with Crippen LogP contribution in [0.1, 0.15) is 56.2 Å². The van der Waals surface area contributed by atoms with Crippen LogP contribution in [0.15, 0.2) is 55.0 Å². The number of hydrogen-bond donors (Lipinski definition) is 1. The van der Waals surface area contributed by atoms with Crippen LogP contribution in [0.4, 0.5) is 20.7 Å². The van der Waals surface area contributed by atoms with Gasteiger partial charge in [0.2, 0.25) is 0 Å². The van der Waals surface area contributed by atoms with Gasteiger partial charge < -0.3 is 10.1 Å². The van der Waals surface area contributed by atoms with Crippen molar-refractivity contribution in [1.82, 2.24) is 15.0 Å². The molecule has 0 aliphatic carbocycles. The number of rotatable bonds is 5. The fraction of sp³-hybridized carbons (Fsp3) is 0.290. The molecule has 0 radical (unpaired) electrons. The molecule has 4 rings (SSSR count). The van der Waals surface area contributed by atoms with Crippen molar-refractivity contribution in [3.8, 4) is 17.2 Å². The number of nitrogens with one attached hydrogen (secondary N) is 1. The molecular weight excluding hydrogens is 523 g/mol. The van der Waals surface area contributed by atoms with Gasteiger partial charge in [0.15, 0.2) is 5.82 Å². The number of hydrogen-bond acceptors (Lipinski definition) is 7. The molecule has 10 heteroatoms. The van der Waals surface area contributed by atoms with Gasteiger partial charge in [0.25, 0.3) is 5.91 Å². The normalized spacial score (nSPS) is 11.6. The van der Waals surface area contributed by atoms with Crippen molar-refractivity contribution in [2.75, 3.05) is 17.3 Å². The molecule has 1 aromatic carbocycles. The molecule has 0 saturated carbocycles. The van der Waals surface area contributed by atoms with E-state index in [0.29, 0.717) is 33.4 Å². The van der Waals surface area contributed by atoms with Crippen LogP contribution < -0.4 is 10.2 Å². The Balaban J connectivity index is 1.63. The molecule has 0 aliphatic heterocycles. The van der Waals surface area contributed by atoms with Crippen molar-refractivity contribution in [2.45, 2.75) is 52.6 Å². The highest BCUT2D eigenvalue weighted by molar-refractivity contribution is 6.03.